The summed E-state index contributed by atoms with van der Waals surface area (Å²) in [4.78, 5) is 34.4. The molecule has 0 aromatic rings. The monoisotopic (exact) mass is 238 g/mol. The van der Waals surface area contributed by atoms with Crippen LogP contribution in [0.4, 0.5) is 4.79 Å². The molecule has 2 aliphatic rings. The van der Waals surface area contributed by atoms with E-state index in [4.69, 9.17) is 0 Å². The Bertz CT molecular complexity index is 328. The average Bonchev–Trinajstić information content (AvgIpc) is 2.28. The van der Waals surface area contributed by atoms with Gasteiger partial charge in [0, 0.05) is 0 Å². The largest absolute Gasteiger partial charge is 0.328 e. The summed E-state index contributed by atoms with van der Waals surface area (Å²) in [6.07, 6.45) is 5.73. The zero-order valence-corrected chi connectivity index (χ0v) is 9.99. The summed E-state index contributed by atoms with van der Waals surface area (Å²) < 4.78 is 0. The molecule has 4 amide bonds. The summed E-state index contributed by atoms with van der Waals surface area (Å²) in [6, 6.07) is -0.702. The second kappa shape index (κ2) is 4.85. The van der Waals surface area contributed by atoms with Gasteiger partial charge in [-0.3, -0.25) is 20.2 Å². The van der Waals surface area contributed by atoms with Crippen molar-refractivity contribution in [2.45, 2.75) is 39.0 Å². The topological polar surface area (TPSA) is 75.3 Å². The zero-order valence-electron chi connectivity index (χ0n) is 9.99. The molecule has 17 heavy (non-hydrogen) atoms. The minimum atomic E-state index is -0.712. The molecule has 1 aliphatic carbocycles. The van der Waals surface area contributed by atoms with Gasteiger partial charge >= 0.3 is 6.03 Å². The van der Waals surface area contributed by atoms with Crippen LogP contribution in [0.1, 0.15) is 39.0 Å². The van der Waals surface area contributed by atoms with Crippen LogP contribution < -0.4 is 10.6 Å². The summed E-state index contributed by atoms with van der Waals surface area (Å²) in [5.74, 6) is -1.19. The summed E-state index contributed by atoms with van der Waals surface area (Å²) >= 11 is 0. The van der Waals surface area contributed by atoms with E-state index in [0.29, 0.717) is 5.92 Å². The third-order valence-electron chi connectivity index (χ3n) is 3.96. The molecule has 1 aliphatic heterocycles. The second-order valence-corrected chi connectivity index (χ2v) is 5.04. The maximum absolute atomic E-state index is 11.7. The fourth-order valence-corrected chi connectivity index (χ4v) is 2.94. The highest BCUT2D eigenvalue weighted by Crippen LogP contribution is 2.34. The van der Waals surface area contributed by atoms with Gasteiger partial charge in [-0.1, -0.05) is 39.0 Å². The van der Waals surface area contributed by atoms with Crippen LogP contribution in [0.5, 0.6) is 0 Å². The van der Waals surface area contributed by atoms with Crippen molar-refractivity contribution in [1.29, 1.82) is 0 Å². The normalized spacial score (nSPS) is 25.4. The van der Waals surface area contributed by atoms with Gasteiger partial charge in [0.15, 0.2) is 0 Å². The third kappa shape index (κ3) is 2.48. The van der Waals surface area contributed by atoms with Crippen molar-refractivity contribution < 1.29 is 14.4 Å². The van der Waals surface area contributed by atoms with Crippen molar-refractivity contribution >= 4 is 17.8 Å². The van der Waals surface area contributed by atoms with Gasteiger partial charge in [0.25, 0.3) is 0 Å². The van der Waals surface area contributed by atoms with Gasteiger partial charge in [-0.15, -0.1) is 0 Å². The number of barbiturate groups is 1. The van der Waals surface area contributed by atoms with E-state index in [1.807, 2.05) is 6.92 Å². The first-order valence-corrected chi connectivity index (χ1v) is 6.25. The molecule has 5 heteroatoms. The summed E-state index contributed by atoms with van der Waals surface area (Å²) in [7, 11) is 0. The van der Waals surface area contributed by atoms with E-state index >= 15 is 0 Å². The van der Waals surface area contributed by atoms with Gasteiger partial charge in [-0.25, -0.2) is 4.79 Å². The van der Waals surface area contributed by atoms with Crippen molar-refractivity contribution in [3.63, 3.8) is 0 Å². The Kier molecular flexibility index (Phi) is 3.45. The lowest BCUT2D eigenvalue weighted by Gasteiger charge is -2.33. The van der Waals surface area contributed by atoms with Gasteiger partial charge in [-0.05, 0) is 11.8 Å². The lowest BCUT2D eigenvalue weighted by Crippen LogP contribution is -2.58. The Balaban J connectivity index is 2.06. The molecule has 2 rings (SSSR count). The lowest BCUT2D eigenvalue weighted by molar-refractivity contribution is -0.139. The lowest BCUT2D eigenvalue weighted by atomic mass is 9.74. The highest BCUT2D eigenvalue weighted by atomic mass is 16.2. The number of carbonyl (C=O) groups excluding carboxylic acids is 3. The van der Waals surface area contributed by atoms with Crippen LogP contribution in [0.3, 0.4) is 0 Å². The van der Waals surface area contributed by atoms with Gasteiger partial charge in [-0.2, -0.15) is 0 Å². The number of amides is 4. The molecule has 2 N–H and O–H groups in total. The number of imide groups is 2. The Morgan fingerprint density at radius 1 is 1.00 bits per heavy atom. The van der Waals surface area contributed by atoms with E-state index in [-0.39, 0.29) is 5.92 Å². The molecule has 0 radical (unpaired) electrons. The molecule has 0 aromatic heterocycles. The van der Waals surface area contributed by atoms with E-state index in [2.05, 4.69) is 10.6 Å². The molecule has 1 saturated carbocycles. The molecule has 2 fully saturated rings. The molecular weight excluding hydrogens is 220 g/mol. The highest BCUT2D eigenvalue weighted by Gasteiger charge is 2.41. The zero-order chi connectivity index (χ0) is 12.4. The van der Waals surface area contributed by atoms with Gasteiger partial charge in [0.2, 0.25) is 11.8 Å². The van der Waals surface area contributed by atoms with E-state index in [1.54, 1.807) is 0 Å². The third-order valence-corrected chi connectivity index (χ3v) is 3.96. The number of urea groups is 1. The number of rotatable bonds is 2. The fraction of sp³-hybridized carbons (Fsp3) is 0.750. The number of nitrogens with one attached hydrogen (secondary N) is 2. The smallest absolute Gasteiger partial charge is 0.277 e. The quantitative estimate of drug-likeness (QED) is 0.709. The van der Waals surface area contributed by atoms with E-state index in [1.165, 1.54) is 19.3 Å². The van der Waals surface area contributed by atoms with Gasteiger partial charge in [0.1, 0.15) is 5.92 Å². The van der Waals surface area contributed by atoms with E-state index in [9.17, 15) is 14.4 Å². The second-order valence-electron chi connectivity index (χ2n) is 5.04. The molecule has 0 bridgehead atoms. The highest BCUT2D eigenvalue weighted by molar-refractivity contribution is 6.16. The van der Waals surface area contributed by atoms with Crippen LogP contribution in [-0.4, -0.2) is 17.8 Å². The van der Waals surface area contributed by atoms with Crippen LogP contribution in [-0.2, 0) is 9.59 Å². The molecule has 94 valence electrons. The number of hydrogen-bond donors (Lipinski definition) is 2. The molecule has 1 heterocycles. The van der Waals surface area contributed by atoms with Crippen LogP contribution in [0.2, 0.25) is 0 Å². The summed E-state index contributed by atoms with van der Waals surface area (Å²) in [5, 5.41) is 4.34. The fourth-order valence-electron chi connectivity index (χ4n) is 2.94. The van der Waals surface area contributed by atoms with Crippen molar-refractivity contribution in [1.82, 2.24) is 10.6 Å². The van der Waals surface area contributed by atoms with Gasteiger partial charge < -0.3 is 0 Å². The molecule has 0 aromatic carbocycles. The first-order chi connectivity index (χ1) is 8.09. The SMILES string of the molecule is CC(C1CCCCC1)C1C(=O)NC(=O)NC1=O. The Morgan fingerprint density at radius 3 is 2.06 bits per heavy atom. The molecule has 1 atom stereocenters. The average molecular weight is 238 g/mol. The van der Waals surface area contributed by atoms with E-state index < -0.39 is 23.8 Å². The number of hydrogen-bond acceptors (Lipinski definition) is 3. The van der Waals surface area contributed by atoms with Crippen LogP contribution in [0.15, 0.2) is 0 Å². The van der Waals surface area contributed by atoms with E-state index in [0.717, 1.165) is 12.8 Å². The minimum Gasteiger partial charge on any atom is -0.277 e. The molecule has 0 spiro atoms. The van der Waals surface area contributed by atoms with Crippen molar-refractivity contribution in [2.75, 3.05) is 0 Å². The Labute approximate surface area is 100 Å². The van der Waals surface area contributed by atoms with Crippen LogP contribution in [0, 0.1) is 17.8 Å². The molecule has 5 nitrogen and oxygen atoms in total. The predicted molar refractivity (Wildman–Crippen MR) is 60.9 cm³/mol. The predicted octanol–water partition coefficient (Wildman–Crippen LogP) is 1.18. The Morgan fingerprint density at radius 2 is 1.53 bits per heavy atom. The van der Waals surface area contributed by atoms with Crippen molar-refractivity contribution in [3.05, 3.63) is 0 Å². The molecule has 1 saturated heterocycles. The maximum Gasteiger partial charge on any atom is 0.328 e. The van der Waals surface area contributed by atoms with Crippen molar-refractivity contribution in [2.24, 2.45) is 17.8 Å². The first-order valence-electron chi connectivity index (χ1n) is 6.25. The minimum absolute atomic E-state index is 0.00315. The van der Waals surface area contributed by atoms with Gasteiger partial charge in [0.05, 0.1) is 0 Å². The van der Waals surface area contributed by atoms with Crippen molar-refractivity contribution in [3.8, 4) is 0 Å². The van der Waals surface area contributed by atoms with Crippen LogP contribution in [0.25, 0.3) is 0 Å². The first kappa shape index (κ1) is 12.1. The van der Waals surface area contributed by atoms with Crippen LogP contribution >= 0.6 is 0 Å². The summed E-state index contributed by atoms with van der Waals surface area (Å²) in [6.45, 7) is 1.94. The number of carbonyl (C=O) groups is 3. The Hall–Kier alpha value is -1.39. The maximum atomic E-state index is 11.7. The molecular formula is C12H18N2O3. The molecule has 1 unspecified atom stereocenters. The standard InChI is InChI=1S/C12H18N2O3/c1-7(8-5-3-2-4-6-8)9-10(15)13-12(17)14-11(9)16/h7-9H,2-6H2,1H3,(H2,13,14,15,16,17). The summed E-state index contributed by atoms with van der Waals surface area (Å²) in [5.41, 5.74) is 0.